The Morgan fingerprint density at radius 2 is 1.61 bits per heavy atom. The van der Waals surface area contributed by atoms with Gasteiger partial charge in [0.1, 0.15) is 0 Å². The molecule has 0 unspecified atom stereocenters. The van der Waals surface area contributed by atoms with Crippen molar-refractivity contribution in [1.82, 2.24) is 9.80 Å². The van der Waals surface area contributed by atoms with E-state index in [4.69, 9.17) is 0 Å². The predicted octanol–water partition coefficient (Wildman–Crippen LogP) is 0.622. The van der Waals surface area contributed by atoms with Crippen LogP contribution in [0.1, 0.15) is 33.6 Å². The number of nitrogens with zero attached hydrogens (tertiary/aromatic N) is 2. The molecule has 0 aliphatic carbocycles. The summed E-state index contributed by atoms with van der Waals surface area (Å²) in [6.07, 6.45) is 2.87. The summed E-state index contributed by atoms with van der Waals surface area (Å²) in [6, 6.07) is 0.747. The van der Waals surface area contributed by atoms with Gasteiger partial charge >= 0.3 is 0 Å². The molecule has 2 saturated heterocycles. The molecule has 2 rings (SSSR count). The summed E-state index contributed by atoms with van der Waals surface area (Å²) in [7, 11) is 0. The van der Waals surface area contributed by atoms with Gasteiger partial charge in [0.15, 0.2) is 0 Å². The van der Waals surface area contributed by atoms with Gasteiger partial charge in [0.25, 0.3) is 0 Å². The second-order valence-corrected chi connectivity index (χ2v) is 6.63. The molecule has 2 N–H and O–H groups in total. The van der Waals surface area contributed by atoms with Crippen molar-refractivity contribution in [2.24, 2.45) is 11.8 Å². The molecule has 0 amide bonds. The normalized spacial score (nSPS) is 26.7. The average Bonchev–Trinajstić information content (AvgIpc) is 2.40. The Balaban J connectivity index is 1.69. The maximum absolute atomic E-state index is 2.71. The van der Waals surface area contributed by atoms with Crippen LogP contribution in [0.2, 0.25) is 0 Å². The van der Waals surface area contributed by atoms with E-state index < -0.39 is 0 Å². The van der Waals surface area contributed by atoms with Crippen LogP contribution in [0, 0.1) is 11.8 Å². The predicted molar refractivity (Wildman–Crippen MR) is 76.7 cm³/mol. The maximum atomic E-state index is 2.71. The van der Waals surface area contributed by atoms with E-state index in [0.29, 0.717) is 0 Å². The summed E-state index contributed by atoms with van der Waals surface area (Å²) >= 11 is 0. The molecule has 3 nitrogen and oxygen atoms in total. The van der Waals surface area contributed by atoms with Crippen LogP contribution >= 0.6 is 0 Å². The summed E-state index contributed by atoms with van der Waals surface area (Å²) < 4.78 is 0. The van der Waals surface area contributed by atoms with E-state index in [2.05, 4.69) is 35.9 Å². The van der Waals surface area contributed by atoms with Gasteiger partial charge in [-0.3, -0.25) is 4.90 Å². The second kappa shape index (κ2) is 6.88. The molecule has 2 fully saturated rings. The molecule has 2 aliphatic heterocycles. The van der Waals surface area contributed by atoms with Gasteiger partial charge in [-0.05, 0) is 18.8 Å². The first-order chi connectivity index (χ1) is 8.66. The lowest BCUT2D eigenvalue weighted by molar-refractivity contribution is -0.664. The van der Waals surface area contributed by atoms with Crippen LogP contribution in [0.3, 0.4) is 0 Å². The zero-order valence-electron chi connectivity index (χ0n) is 12.6. The molecule has 0 spiro atoms. The minimum absolute atomic E-state index is 0.747. The minimum Gasteiger partial charge on any atom is -0.346 e. The van der Waals surface area contributed by atoms with Gasteiger partial charge in [-0.25, -0.2) is 0 Å². The molecule has 18 heavy (non-hydrogen) atoms. The minimum atomic E-state index is 0.747. The van der Waals surface area contributed by atoms with Crippen LogP contribution in [-0.4, -0.2) is 61.7 Å². The summed E-state index contributed by atoms with van der Waals surface area (Å²) in [4.78, 5) is 5.38. The molecule has 2 aliphatic rings. The van der Waals surface area contributed by atoms with Gasteiger partial charge in [0.05, 0.1) is 13.1 Å². The fourth-order valence-corrected chi connectivity index (χ4v) is 3.32. The van der Waals surface area contributed by atoms with Crippen LogP contribution in [-0.2, 0) is 0 Å². The van der Waals surface area contributed by atoms with E-state index >= 15 is 0 Å². The van der Waals surface area contributed by atoms with Gasteiger partial charge in [-0.2, -0.15) is 0 Å². The number of hydrogen-bond acceptors (Lipinski definition) is 2. The third kappa shape index (κ3) is 3.94. The van der Waals surface area contributed by atoms with Gasteiger partial charge in [-0.1, -0.05) is 13.8 Å². The number of piperidine rings is 1. The standard InChI is InChI=1S/C15H31N3/c1-13(2)14(3)18-10-8-17(9-11-18)12-15-4-6-16-7-5-15/h13-16H,4-12H2,1-3H3/p+1/t14-/m1/s1. The van der Waals surface area contributed by atoms with Crippen molar-refractivity contribution in [3.8, 4) is 0 Å². The molecule has 0 aromatic rings. The van der Waals surface area contributed by atoms with Gasteiger partial charge in [0.2, 0.25) is 0 Å². The van der Waals surface area contributed by atoms with E-state index in [1.54, 1.807) is 0 Å². The fraction of sp³-hybridized carbons (Fsp3) is 1.00. The Morgan fingerprint density at radius 3 is 2.17 bits per heavy atom. The van der Waals surface area contributed by atoms with Crippen molar-refractivity contribution in [2.45, 2.75) is 39.7 Å². The Kier molecular flexibility index (Phi) is 5.46. The summed E-state index contributed by atoms with van der Waals surface area (Å²) in [5.41, 5.74) is 0. The SMILES string of the molecule is CC(C)[C@@H](C)N1CCN(CC2CC[NH2+]CC2)CC1. The van der Waals surface area contributed by atoms with Crippen molar-refractivity contribution in [1.29, 1.82) is 0 Å². The lowest BCUT2D eigenvalue weighted by Gasteiger charge is -2.40. The Bertz CT molecular complexity index is 228. The quantitative estimate of drug-likeness (QED) is 0.795. The zero-order valence-corrected chi connectivity index (χ0v) is 12.6. The van der Waals surface area contributed by atoms with E-state index in [0.717, 1.165) is 17.9 Å². The molecule has 0 aromatic heterocycles. The van der Waals surface area contributed by atoms with E-state index in [1.165, 1.54) is 58.7 Å². The van der Waals surface area contributed by atoms with Gasteiger partial charge in [0, 0.05) is 51.6 Å². The molecular weight excluding hydrogens is 222 g/mol. The largest absolute Gasteiger partial charge is 0.346 e. The highest BCUT2D eigenvalue weighted by atomic mass is 15.3. The second-order valence-electron chi connectivity index (χ2n) is 6.63. The van der Waals surface area contributed by atoms with Crippen LogP contribution in [0.4, 0.5) is 0 Å². The summed E-state index contributed by atoms with van der Waals surface area (Å²) in [5.74, 6) is 1.76. The van der Waals surface area contributed by atoms with Crippen molar-refractivity contribution >= 4 is 0 Å². The highest BCUT2D eigenvalue weighted by Crippen LogP contribution is 2.16. The third-order valence-corrected chi connectivity index (χ3v) is 5.02. The Morgan fingerprint density at radius 1 is 1.00 bits per heavy atom. The van der Waals surface area contributed by atoms with Crippen molar-refractivity contribution in [3.05, 3.63) is 0 Å². The topological polar surface area (TPSA) is 23.1 Å². The number of nitrogens with two attached hydrogens (primary N) is 1. The lowest BCUT2D eigenvalue weighted by Crippen LogP contribution is -2.86. The Hall–Kier alpha value is -0.120. The molecule has 3 heteroatoms. The monoisotopic (exact) mass is 254 g/mol. The van der Waals surface area contributed by atoms with E-state index in [1.807, 2.05) is 0 Å². The van der Waals surface area contributed by atoms with Crippen molar-refractivity contribution in [3.63, 3.8) is 0 Å². The first-order valence-corrected chi connectivity index (χ1v) is 7.95. The number of rotatable bonds is 4. The molecular formula is C15H32N3+. The molecule has 0 saturated carbocycles. The molecule has 0 radical (unpaired) electrons. The third-order valence-electron chi connectivity index (χ3n) is 5.02. The number of quaternary nitrogens is 1. The molecule has 2 heterocycles. The molecule has 0 bridgehead atoms. The smallest absolute Gasteiger partial charge is 0.0758 e. The van der Waals surface area contributed by atoms with Crippen LogP contribution in [0.5, 0.6) is 0 Å². The van der Waals surface area contributed by atoms with Crippen LogP contribution < -0.4 is 5.32 Å². The first-order valence-electron chi connectivity index (χ1n) is 7.95. The van der Waals surface area contributed by atoms with Crippen molar-refractivity contribution < 1.29 is 5.32 Å². The highest BCUT2D eigenvalue weighted by Gasteiger charge is 2.25. The number of piperazine rings is 1. The molecule has 1 atom stereocenters. The maximum Gasteiger partial charge on any atom is 0.0758 e. The van der Waals surface area contributed by atoms with Crippen LogP contribution in [0.25, 0.3) is 0 Å². The zero-order chi connectivity index (χ0) is 13.0. The Labute approximate surface area is 113 Å². The first kappa shape index (κ1) is 14.3. The van der Waals surface area contributed by atoms with Gasteiger partial charge < -0.3 is 10.2 Å². The molecule has 106 valence electrons. The average molecular weight is 254 g/mol. The van der Waals surface area contributed by atoms with Crippen molar-refractivity contribution in [2.75, 3.05) is 45.8 Å². The van der Waals surface area contributed by atoms with Crippen LogP contribution in [0.15, 0.2) is 0 Å². The summed E-state index contributed by atoms with van der Waals surface area (Å²) in [5, 5.41) is 2.47. The lowest BCUT2D eigenvalue weighted by atomic mass is 9.97. The number of hydrogen-bond donors (Lipinski definition) is 1. The fourth-order valence-electron chi connectivity index (χ4n) is 3.32. The molecule has 0 aromatic carbocycles. The van der Waals surface area contributed by atoms with Gasteiger partial charge in [-0.15, -0.1) is 0 Å². The van der Waals surface area contributed by atoms with E-state index in [9.17, 15) is 0 Å². The summed E-state index contributed by atoms with van der Waals surface area (Å²) in [6.45, 7) is 16.3. The van der Waals surface area contributed by atoms with E-state index in [-0.39, 0.29) is 0 Å². The highest BCUT2D eigenvalue weighted by molar-refractivity contribution is 4.79.